The summed E-state index contributed by atoms with van der Waals surface area (Å²) in [5, 5.41) is 5.81. The Balaban J connectivity index is 1.70. The first kappa shape index (κ1) is 14.1. The molecule has 112 valence electrons. The predicted molar refractivity (Wildman–Crippen MR) is 82.0 cm³/mol. The van der Waals surface area contributed by atoms with Crippen LogP contribution in [0.5, 0.6) is 0 Å². The van der Waals surface area contributed by atoms with E-state index >= 15 is 0 Å². The Hall–Kier alpha value is -1.88. The molecule has 2 unspecified atom stereocenters. The van der Waals surface area contributed by atoms with E-state index in [1.807, 2.05) is 18.2 Å². The summed E-state index contributed by atoms with van der Waals surface area (Å²) in [6.07, 6.45) is 5.19. The lowest BCUT2D eigenvalue weighted by molar-refractivity contribution is -0.121. The molecule has 5 nitrogen and oxygen atoms in total. The number of benzene rings is 1. The highest BCUT2D eigenvalue weighted by molar-refractivity contribution is 5.96. The topological polar surface area (TPSA) is 84.2 Å². The molecular formula is C16H21N3O2. The van der Waals surface area contributed by atoms with Crippen LogP contribution in [0.1, 0.15) is 37.7 Å². The monoisotopic (exact) mass is 287 g/mol. The molecule has 1 fully saturated rings. The number of aryl methyl sites for hydroxylation is 1. The number of nitrogens with two attached hydrogens (primary N) is 1. The highest BCUT2D eigenvalue weighted by Gasteiger charge is 2.28. The second-order valence-electron chi connectivity index (χ2n) is 5.96. The Kier molecular flexibility index (Phi) is 3.92. The van der Waals surface area contributed by atoms with Crippen LogP contribution in [0.25, 0.3) is 0 Å². The zero-order chi connectivity index (χ0) is 14.8. The summed E-state index contributed by atoms with van der Waals surface area (Å²) in [5.41, 5.74) is 8.75. The Morgan fingerprint density at radius 3 is 2.86 bits per heavy atom. The summed E-state index contributed by atoms with van der Waals surface area (Å²) in [4.78, 5) is 23.7. The summed E-state index contributed by atoms with van der Waals surface area (Å²) in [6.45, 7) is 0. The number of anilines is 2. The second kappa shape index (κ2) is 5.85. The number of hydrogen-bond donors (Lipinski definition) is 3. The fourth-order valence-corrected chi connectivity index (χ4v) is 3.18. The number of rotatable bonds is 2. The van der Waals surface area contributed by atoms with E-state index in [2.05, 4.69) is 10.6 Å². The smallest absolute Gasteiger partial charge is 0.229 e. The minimum absolute atomic E-state index is 0.0157. The highest BCUT2D eigenvalue weighted by Crippen LogP contribution is 2.28. The van der Waals surface area contributed by atoms with Gasteiger partial charge in [0.1, 0.15) is 0 Å². The van der Waals surface area contributed by atoms with Gasteiger partial charge in [0.25, 0.3) is 0 Å². The number of nitrogens with one attached hydrogen (secondary N) is 2. The standard InChI is InChI=1S/C16H21N3O2/c17-13-4-2-1-3-12(13)16(21)18-11-6-7-14-10(9-11)5-8-15(20)19-14/h6-7,9,12-13H,1-5,8,17H2,(H,18,21)(H,19,20). The largest absolute Gasteiger partial charge is 0.327 e. The van der Waals surface area contributed by atoms with E-state index in [1.165, 1.54) is 0 Å². The first-order valence-corrected chi connectivity index (χ1v) is 7.63. The van der Waals surface area contributed by atoms with Gasteiger partial charge in [0.15, 0.2) is 0 Å². The Morgan fingerprint density at radius 2 is 2.05 bits per heavy atom. The fourth-order valence-electron chi connectivity index (χ4n) is 3.18. The van der Waals surface area contributed by atoms with Gasteiger partial charge in [-0.1, -0.05) is 12.8 Å². The van der Waals surface area contributed by atoms with Crippen molar-refractivity contribution in [3.05, 3.63) is 23.8 Å². The number of hydrogen-bond acceptors (Lipinski definition) is 3. The predicted octanol–water partition coefficient (Wildman–Crippen LogP) is 2.03. The number of carbonyl (C=O) groups excluding carboxylic acids is 2. The molecule has 2 atom stereocenters. The van der Waals surface area contributed by atoms with Crippen molar-refractivity contribution >= 4 is 23.2 Å². The molecule has 3 rings (SSSR count). The van der Waals surface area contributed by atoms with E-state index in [9.17, 15) is 9.59 Å². The van der Waals surface area contributed by atoms with Gasteiger partial charge < -0.3 is 16.4 Å². The van der Waals surface area contributed by atoms with E-state index in [1.54, 1.807) is 0 Å². The van der Waals surface area contributed by atoms with E-state index in [-0.39, 0.29) is 23.8 Å². The van der Waals surface area contributed by atoms with Gasteiger partial charge >= 0.3 is 0 Å². The number of fused-ring (bicyclic) bond motifs is 1. The molecule has 1 heterocycles. The van der Waals surface area contributed by atoms with Crippen LogP contribution in [0, 0.1) is 5.92 Å². The molecule has 4 N–H and O–H groups in total. The Bertz CT molecular complexity index is 571. The van der Waals surface area contributed by atoms with Gasteiger partial charge in [-0.3, -0.25) is 9.59 Å². The van der Waals surface area contributed by atoms with E-state index in [0.717, 1.165) is 42.6 Å². The van der Waals surface area contributed by atoms with Crippen molar-refractivity contribution < 1.29 is 9.59 Å². The molecule has 2 aliphatic rings. The van der Waals surface area contributed by atoms with Gasteiger partial charge in [-0.05, 0) is 43.0 Å². The quantitative estimate of drug-likeness (QED) is 0.778. The number of carbonyl (C=O) groups is 2. The first-order valence-electron chi connectivity index (χ1n) is 7.63. The molecule has 0 spiro atoms. The van der Waals surface area contributed by atoms with Crippen molar-refractivity contribution in [2.24, 2.45) is 11.7 Å². The van der Waals surface area contributed by atoms with Crippen molar-refractivity contribution in [2.75, 3.05) is 10.6 Å². The molecule has 1 saturated carbocycles. The lowest BCUT2D eigenvalue weighted by Crippen LogP contribution is -2.40. The van der Waals surface area contributed by atoms with Crippen LogP contribution in [0.3, 0.4) is 0 Å². The van der Waals surface area contributed by atoms with Gasteiger partial charge in [-0.15, -0.1) is 0 Å². The van der Waals surface area contributed by atoms with Crippen molar-refractivity contribution in [3.63, 3.8) is 0 Å². The third-order valence-electron chi connectivity index (χ3n) is 4.42. The first-order chi connectivity index (χ1) is 10.1. The van der Waals surface area contributed by atoms with Crippen LogP contribution < -0.4 is 16.4 Å². The fraction of sp³-hybridized carbons (Fsp3) is 0.500. The number of amides is 2. The van der Waals surface area contributed by atoms with Crippen LogP contribution in [0.2, 0.25) is 0 Å². The molecule has 21 heavy (non-hydrogen) atoms. The second-order valence-corrected chi connectivity index (χ2v) is 5.96. The normalized spacial score (nSPS) is 24.9. The summed E-state index contributed by atoms with van der Waals surface area (Å²) >= 11 is 0. The summed E-state index contributed by atoms with van der Waals surface area (Å²) < 4.78 is 0. The van der Waals surface area contributed by atoms with Crippen LogP contribution in [-0.4, -0.2) is 17.9 Å². The van der Waals surface area contributed by atoms with Gasteiger partial charge in [0.05, 0.1) is 5.92 Å². The van der Waals surface area contributed by atoms with E-state index in [4.69, 9.17) is 5.73 Å². The third-order valence-corrected chi connectivity index (χ3v) is 4.42. The molecular weight excluding hydrogens is 266 g/mol. The van der Waals surface area contributed by atoms with Gasteiger partial charge in [-0.2, -0.15) is 0 Å². The summed E-state index contributed by atoms with van der Waals surface area (Å²) in [5.74, 6) is -0.0241. The average molecular weight is 287 g/mol. The van der Waals surface area contributed by atoms with E-state index in [0.29, 0.717) is 12.8 Å². The van der Waals surface area contributed by atoms with Crippen LogP contribution in [0.15, 0.2) is 18.2 Å². The maximum absolute atomic E-state index is 12.3. The van der Waals surface area contributed by atoms with Crippen LogP contribution >= 0.6 is 0 Å². The Morgan fingerprint density at radius 1 is 1.24 bits per heavy atom. The van der Waals surface area contributed by atoms with Gasteiger partial charge in [0, 0.05) is 23.8 Å². The van der Waals surface area contributed by atoms with Crippen LogP contribution in [-0.2, 0) is 16.0 Å². The molecule has 1 aromatic carbocycles. The van der Waals surface area contributed by atoms with Gasteiger partial charge in [0.2, 0.25) is 11.8 Å². The lowest BCUT2D eigenvalue weighted by Gasteiger charge is -2.27. The maximum Gasteiger partial charge on any atom is 0.229 e. The molecule has 1 aromatic rings. The van der Waals surface area contributed by atoms with E-state index < -0.39 is 0 Å². The third kappa shape index (κ3) is 3.08. The van der Waals surface area contributed by atoms with Crippen molar-refractivity contribution in [2.45, 2.75) is 44.6 Å². The van der Waals surface area contributed by atoms with Crippen molar-refractivity contribution in [1.82, 2.24) is 0 Å². The lowest BCUT2D eigenvalue weighted by atomic mass is 9.84. The molecule has 0 bridgehead atoms. The minimum Gasteiger partial charge on any atom is -0.327 e. The average Bonchev–Trinajstić information content (AvgIpc) is 2.48. The summed E-state index contributed by atoms with van der Waals surface area (Å²) in [6, 6.07) is 5.59. The molecule has 2 amide bonds. The zero-order valence-corrected chi connectivity index (χ0v) is 12.0. The summed E-state index contributed by atoms with van der Waals surface area (Å²) in [7, 11) is 0. The molecule has 0 aromatic heterocycles. The zero-order valence-electron chi connectivity index (χ0n) is 12.0. The SMILES string of the molecule is NC1CCCCC1C(=O)Nc1ccc2c(c1)CCC(=O)N2. The van der Waals surface area contributed by atoms with Gasteiger partial charge in [-0.25, -0.2) is 0 Å². The Labute approximate surface area is 124 Å². The molecule has 1 aliphatic carbocycles. The van der Waals surface area contributed by atoms with Crippen LogP contribution in [0.4, 0.5) is 11.4 Å². The molecule has 0 radical (unpaired) electrons. The van der Waals surface area contributed by atoms with Crippen molar-refractivity contribution in [1.29, 1.82) is 0 Å². The maximum atomic E-state index is 12.3. The molecule has 0 saturated heterocycles. The van der Waals surface area contributed by atoms with Crippen molar-refractivity contribution in [3.8, 4) is 0 Å². The minimum atomic E-state index is -0.0884. The highest BCUT2D eigenvalue weighted by atomic mass is 16.2. The molecule has 5 heteroatoms. The molecule has 1 aliphatic heterocycles.